The molecule has 0 unspecified atom stereocenters. The first kappa shape index (κ1) is 14.5. The predicted octanol–water partition coefficient (Wildman–Crippen LogP) is 3.34. The summed E-state index contributed by atoms with van der Waals surface area (Å²) < 4.78 is 5.12. The van der Waals surface area contributed by atoms with E-state index in [2.05, 4.69) is 25.2 Å². The third kappa shape index (κ3) is 4.05. The standard InChI is InChI=1S/C15H22N2O/c1-12-6-5-7-13(10-16)14(12)17-11-15(2,3)8-9-18-4/h5-7,17H,8-9,11H2,1-4H3. The number of hydrogen-bond acceptors (Lipinski definition) is 3. The van der Waals surface area contributed by atoms with Gasteiger partial charge in [-0.1, -0.05) is 26.0 Å². The van der Waals surface area contributed by atoms with Gasteiger partial charge in [-0.25, -0.2) is 0 Å². The van der Waals surface area contributed by atoms with Crippen LogP contribution >= 0.6 is 0 Å². The first-order valence-electron chi connectivity index (χ1n) is 6.23. The largest absolute Gasteiger partial charge is 0.385 e. The highest BCUT2D eigenvalue weighted by molar-refractivity contribution is 5.62. The van der Waals surface area contributed by atoms with Crippen LogP contribution in [0.2, 0.25) is 0 Å². The predicted molar refractivity (Wildman–Crippen MR) is 74.7 cm³/mol. The molecule has 0 atom stereocenters. The zero-order chi connectivity index (χ0) is 13.6. The van der Waals surface area contributed by atoms with Crippen molar-refractivity contribution in [2.75, 3.05) is 25.6 Å². The van der Waals surface area contributed by atoms with E-state index in [1.807, 2.05) is 25.1 Å². The Morgan fingerprint density at radius 1 is 1.39 bits per heavy atom. The average molecular weight is 246 g/mol. The second-order valence-corrected chi connectivity index (χ2v) is 5.37. The number of anilines is 1. The van der Waals surface area contributed by atoms with E-state index in [0.717, 1.165) is 30.8 Å². The van der Waals surface area contributed by atoms with Crippen molar-refractivity contribution in [1.82, 2.24) is 0 Å². The molecule has 0 spiro atoms. The first-order valence-corrected chi connectivity index (χ1v) is 6.23. The smallest absolute Gasteiger partial charge is 0.101 e. The number of hydrogen-bond donors (Lipinski definition) is 1. The van der Waals surface area contributed by atoms with Gasteiger partial charge in [0.2, 0.25) is 0 Å². The summed E-state index contributed by atoms with van der Waals surface area (Å²) >= 11 is 0. The number of para-hydroxylation sites is 1. The van der Waals surface area contributed by atoms with Crippen molar-refractivity contribution in [3.05, 3.63) is 29.3 Å². The van der Waals surface area contributed by atoms with E-state index in [0.29, 0.717) is 5.56 Å². The molecule has 0 amide bonds. The number of ether oxygens (including phenoxy) is 1. The molecule has 1 N–H and O–H groups in total. The molecule has 0 bridgehead atoms. The van der Waals surface area contributed by atoms with Gasteiger partial charge in [-0.15, -0.1) is 0 Å². The highest BCUT2D eigenvalue weighted by atomic mass is 16.5. The minimum Gasteiger partial charge on any atom is -0.385 e. The Labute approximate surface area is 110 Å². The van der Waals surface area contributed by atoms with Gasteiger partial charge >= 0.3 is 0 Å². The Morgan fingerprint density at radius 2 is 2.11 bits per heavy atom. The van der Waals surface area contributed by atoms with Crippen LogP contribution in [0.5, 0.6) is 0 Å². The van der Waals surface area contributed by atoms with Gasteiger partial charge in [0, 0.05) is 20.3 Å². The van der Waals surface area contributed by atoms with Crippen LogP contribution in [-0.4, -0.2) is 20.3 Å². The number of nitriles is 1. The summed E-state index contributed by atoms with van der Waals surface area (Å²) in [6.45, 7) is 8.00. The highest BCUT2D eigenvalue weighted by Crippen LogP contribution is 2.24. The topological polar surface area (TPSA) is 45.0 Å². The van der Waals surface area contributed by atoms with Crippen LogP contribution in [0, 0.1) is 23.7 Å². The van der Waals surface area contributed by atoms with E-state index in [1.165, 1.54) is 0 Å². The molecule has 0 aliphatic carbocycles. The van der Waals surface area contributed by atoms with Crippen molar-refractivity contribution in [2.24, 2.45) is 5.41 Å². The zero-order valence-corrected chi connectivity index (χ0v) is 11.7. The third-order valence-electron chi connectivity index (χ3n) is 3.12. The molecular weight excluding hydrogens is 224 g/mol. The molecule has 0 heterocycles. The summed E-state index contributed by atoms with van der Waals surface area (Å²) in [6.07, 6.45) is 0.990. The van der Waals surface area contributed by atoms with Crippen LogP contribution in [0.15, 0.2) is 18.2 Å². The van der Waals surface area contributed by atoms with Gasteiger partial charge in [0.1, 0.15) is 6.07 Å². The lowest BCUT2D eigenvalue weighted by atomic mass is 9.89. The SMILES string of the molecule is COCCC(C)(C)CNc1c(C)cccc1C#N. The fraction of sp³-hybridized carbons (Fsp3) is 0.533. The van der Waals surface area contributed by atoms with Crippen molar-refractivity contribution in [3.8, 4) is 6.07 Å². The minimum absolute atomic E-state index is 0.144. The summed E-state index contributed by atoms with van der Waals surface area (Å²) in [5, 5.41) is 12.5. The maximum absolute atomic E-state index is 9.10. The number of nitrogens with zero attached hydrogens (tertiary/aromatic N) is 1. The Hall–Kier alpha value is -1.53. The molecule has 1 rings (SSSR count). The van der Waals surface area contributed by atoms with Crippen molar-refractivity contribution in [1.29, 1.82) is 5.26 Å². The molecule has 18 heavy (non-hydrogen) atoms. The summed E-state index contributed by atoms with van der Waals surface area (Å²) in [5.74, 6) is 0. The fourth-order valence-electron chi connectivity index (χ4n) is 1.79. The molecular formula is C15H22N2O. The first-order chi connectivity index (χ1) is 8.50. The molecule has 1 aromatic rings. The molecule has 0 saturated heterocycles. The summed E-state index contributed by atoms with van der Waals surface area (Å²) in [4.78, 5) is 0. The maximum atomic E-state index is 9.10. The molecule has 0 fully saturated rings. The number of rotatable bonds is 6. The van der Waals surface area contributed by atoms with Crippen molar-refractivity contribution < 1.29 is 4.74 Å². The lowest BCUT2D eigenvalue weighted by Crippen LogP contribution is -2.25. The van der Waals surface area contributed by atoms with E-state index in [-0.39, 0.29) is 5.41 Å². The molecule has 3 heteroatoms. The van der Waals surface area contributed by atoms with Crippen LogP contribution in [0.4, 0.5) is 5.69 Å². The van der Waals surface area contributed by atoms with Crippen LogP contribution in [0.3, 0.4) is 0 Å². The summed E-state index contributed by atoms with van der Waals surface area (Å²) in [6, 6.07) is 8.00. The van der Waals surface area contributed by atoms with E-state index in [4.69, 9.17) is 10.00 Å². The number of benzene rings is 1. The lowest BCUT2D eigenvalue weighted by Gasteiger charge is -2.26. The second-order valence-electron chi connectivity index (χ2n) is 5.37. The van der Waals surface area contributed by atoms with Crippen molar-refractivity contribution >= 4 is 5.69 Å². The Morgan fingerprint density at radius 3 is 2.72 bits per heavy atom. The molecule has 0 aromatic heterocycles. The molecule has 0 aliphatic heterocycles. The molecule has 0 aliphatic rings. The maximum Gasteiger partial charge on any atom is 0.101 e. The normalized spacial score (nSPS) is 11.1. The Kier molecular flexibility index (Phi) is 5.18. The zero-order valence-electron chi connectivity index (χ0n) is 11.7. The van der Waals surface area contributed by atoms with Crippen LogP contribution in [0.25, 0.3) is 0 Å². The average Bonchev–Trinajstić information content (AvgIpc) is 2.34. The molecule has 3 nitrogen and oxygen atoms in total. The Balaban J connectivity index is 2.72. The van der Waals surface area contributed by atoms with Crippen molar-refractivity contribution in [2.45, 2.75) is 27.2 Å². The lowest BCUT2D eigenvalue weighted by molar-refractivity contribution is 0.157. The van der Waals surface area contributed by atoms with E-state index >= 15 is 0 Å². The molecule has 1 aromatic carbocycles. The van der Waals surface area contributed by atoms with Crippen LogP contribution in [0.1, 0.15) is 31.4 Å². The molecule has 0 radical (unpaired) electrons. The molecule has 0 saturated carbocycles. The van der Waals surface area contributed by atoms with Crippen LogP contribution < -0.4 is 5.32 Å². The second kappa shape index (κ2) is 6.42. The molecule has 98 valence electrons. The van der Waals surface area contributed by atoms with Gasteiger partial charge < -0.3 is 10.1 Å². The van der Waals surface area contributed by atoms with Gasteiger partial charge in [-0.3, -0.25) is 0 Å². The van der Waals surface area contributed by atoms with E-state index < -0.39 is 0 Å². The van der Waals surface area contributed by atoms with Gasteiger partial charge in [0.15, 0.2) is 0 Å². The summed E-state index contributed by atoms with van der Waals surface area (Å²) in [5.41, 5.74) is 2.91. The minimum atomic E-state index is 0.144. The number of nitrogens with one attached hydrogen (secondary N) is 1. The third-order valence-corrected chi connectivity index (χ3v) is 3.12. The Bertz CT molecular complexity index is 433. The van der Waals surface area contributed by atoms with Gasteiger partial charge in [-0.2, -0.15) is 5.26 Å². The summed E-state index contributed by atoms with van der Waals surface area (Å²) in [7, 11) is 1.72. The monoisotopic (exact) mass is 246 g/mol. The van der Waals surface area contributed by atoms with E-state index in [9.17, 15) is 0 Å². The number of methoxy groups -OCH3 is 1. The van der Waals surface area contributed by atoms with Gasteiger partial charge in [0.05, 0.1) is 11.3 Å². The van der Waals surface area contributed by atoms with Crippen LogP contribution in [-0.2, 0) is 4.74 Å². The number of aryl methyl sites for hydroxylation is 1. The van der Waals surface area contributed by atoms with Gasteiger partial charge in [-0.05, 0) is 30.4 Å². The van der Waals surface area contributed by atoms with E-state index in [1.54, 1.807) is 7.11 Å². The van der Waals surface area contributed by atoms with Crippen molar-refractivity contribution in [3.63, 3.8) is 0 Å². The highest BCUT2D eigenvalue weighted by Gasteiger charge is 2.18. The fourth-order valence-corrected chi connectivity index (χ4v) is 1.79. The van der Waals surface area contributed by atoms with Gasteiger partial charge in [0.25, 0.3) is 0 Å². The quantitative estimate of drug-likeness (QED) is 0.837.